The van der Waals surface area contributed by atoms with Crippen molar-refractivity contribution in [2.45, 2.75) is 0 Å². The molecule has 1 heterocycles. The van der Waals surface area contributed by atoms with Gasteiger partial charge in [-0.3, -0.25) is 10.1 Å². The maximum absolute atomic E-state index is 10.2. The quantitative estimate of drug-likeness (QED) is 0.427. The predicted molar refractivity (Wildman–Crippen MR) is 43.2 cm³/mol. The third kappa shape index (κ3) is 1.59. The Balaban J connectivity index is 3.12. The fourth-order valence-electron chi connectivity index (χ4n) is 0.598. The molecule has 0 amide bonds. The molecule has 7 heteroatoms. The van der Waals surface area contributed by atoms with Crippen molar-refractivity contribution in [1.29, 1.82) is 0 Å². The SMILES string of the molecule is CNc1ncc([N+](=O)[O-])c(Cl)n1. The molecule has 0 aliphatic heterocycles. The number of rotatable bonds is 2. The fraction of sp³-hybridized carbons (Fsp3) is 0.200. The average molecular weight is 189 g/mol. The maximum atomic E-state index is 10.2. The van der Waals surface area contributed by atoms with Crippen molar-refractivity contribution in [3.8, 4) is 0 Å². The molecule has 6 nitrogen and oxygen atoms in total. The minimum atomic E-state index is -0.637. The molecule has 64 valence electrons. The summed E-state index contributed by atoms with van der Waals surface area (Å²) in [6.07, 6.45) is 1.06. The summed E-state index contributed by atoms with van der Waals surface area (Å²) in [5, 5.41) is 12.7. The van der Waals surface area contributed by atoms with Crippen molar-refractivity contribution in [3.63, 3.8) is 0 Å². The van der Waals surface area contributed by atoms with E-state index in [2.05, 4.69) is 15.3 Å². The molecule has 1 rings (SSSR count). The van der Waals surface area contributed by atoms with Crippen LogP contribution in [0.4, 0.5) is 11.6 Å². The highest BCUT2D eigenvalue weighted by Crippen LogP contribution is 2.20. The molecule has 0 aliphatic rings. The van der Waals surface area contributed by atoms with Gasteiger partial charge in [0.1, 0.15) is 6.20 Å². The Labute approximate surface area is 72.7 Å². The van der Waals surface area contributed by atoms with E-state index in [0.717, 1.165) is 6.20 Å². The number of hydrogen-bond acceptors (Lipinski definition) is 5. The van der Waals surface area contributed by atoms with Crippen LogP contribution in [0.5, 0.6) is 0 Å². The van der Waals surface area contributed by atoms with Gasteiger partial charge in [-0.15, -0.1) is 0 Å². The Morgan fingerprint density at radius 1 is 1.75 bits per heavy atom. The molecular weight excluding hydrogens is 184 g/mol. The van der Waals surface area contributed by atoms with Crippen molar-refractivity contribution >= 4 is 23.2 Å². The second kappa shape index (κ2) is 3.31. The van der Waals surface area contributed by atoms with E-state index in [4.69, 9.17) is 11.6 Å². The molecule has 0 bridgehead atoms. The second-order valence-electron chi connectivity index (χ2n) is 1.88. The van der Waals surface area contributed by atoms with Gasteiger partial charge in [-0.05, 0) is 0 Å². The molecule has 0 spiro atoms. The summed E-state index contributed by atoms with van der Waals surface area (Å²) in [6.45, 7) is 0. The number of halogens is 1. The third-order valence-electron chi connectivity index (χ3n) is 1.14. The van der Waals surface area contributed by atoms with Gasteiger partial charge in [0.2, 0.25) is 11.1 Å². The lowest BCUT2D eigenvalue weighted by molar-refractivity contribution is -0.385. The van der Waals surface area contributed by atoms with E-state index < -0.39 is 4.92 Å². The summed E-state index contributed by atoms with van der Waals surface area (Å²) < 4.78 is 0. The summed E-state index contributed by atoms with van der Waals surface area (Å²) in [6, 6.07) is 0. The summed E-state index contributed by atoms with van der Waals surface area (Å²) in [4.78, 5) is 16.9. The molecular formula is C5H5ClN4O2. The lowest BCUT2D eigenvalue weighted by Crippen LogP contribution is -1.98. The molecule has 0 radical (unpaired) electrons. The topological polar surface area (TPSA) is 81.0 Å². The largest absolute Gasteiger partial charge is 0.357 e. The highest BCUT2D eigenvalue weighted by Gasteiger charge is 2.14. The molecule has 12 heavy (non-hydrogen) atoms. The first-order valence-electron chi connectivity index (χ1n) is 3.00. The number of nitrogens with one attached hydrogen (secondary N) is 1. The van der Waals surface area contributed by atoms with Crippen LogP contribution in [-0.2, 0) is 0 Å². The zero-order chi connectivity index (χ0) is 9.14. The van der Waals surface area contributed by atoms with Crippen LogP contribution in [0.25, 0.3) is 0 Å². The Hall–Kier alpha value is -1.43. The van der Waals surface area contributed by atoms with Crippen molar-refractivity contribution < 1.29 is 4.92 Å². The van der Waals surface area contributed by atoms with E-state index in [1.165, 1.54) is 0 Å². The van der Waals surface area contributed by atoms with E-state index >= 15 is 0 Å². The first-order valence-corrected chi connectivity index (χ1v) is 3.37. The first kappa shape index (κ1) is 8.66. The van der Waals surface area contributed by atoms with E-state index in [1.807, 2.05) is 0 Å². The third-order valence-corrected chi connectivity index (χ3v) is 1.42. The van der Waals surface area contributed by atoms with Gasteiger partial charge in [-0.2, -0.15) is 4.98 Å². The molecule has 0 fully saturated rings. The molecule has 1 aromatic rings. The van der Waals surface area contributed by atoms with Crippen molar-refractivity contribution in [2.75, 3.05) is 12.4 Å². The number of aromatic nitrogens is 2. The van der Waals surface area contributed by atoms with Crippen LogP contribution in [-0.4, -0.2) is 21.9 Å². The van der Waals surface area contributed by atoms with Crippen LogP contribution in [0.2, 0.25) is 5.15 Å². The molecule has 0 aliphatic carbocycles. The number of hydrogen-bond donors (Lipinski definition) is 1. The van der Waals surface area contributed by atoms with Gasteiger partial charge in [0.25, 0.3) is 0 Å². The highest BCUT2D eigenvalue weighted by molar-refractivity contribution is 6.31. The predicted octanol–water partition coefficient (Wildman–Crippen LogP) is 1.08. The Morgan fingerprint density at radius 2 is 2.42 bits per heavy atom. The molecule has 1 aromatic heterocycles. The van der Waals surface area contributed by atoms with E-state index in [0.29, 0.717) is 0 Å². The Bertz CT molecular complexity index is 316. The Morgan fingerprint density at radius 3 is 2.83 bits per heavy atom. The van der Waals surface area contributed by atoms with Gasteiger partial charge < -0.3 is 5.32 Å². The van der Waals surface area contributed by atoms with Crippen LogP contribution >= 0.6 is 11.6 Å². The normalized spacial score (nSPS) is 9.50. The van der Waals surface area contributed by atoms with E-state index in [-0.39, 0.29) is 16.8 Å². The van der Waals surface area contributed by atoms with Gasteiger partial charge in [-0.25, -0.2) is 4.98 Å². The van der Waals surface area contributed by atoms with Gasteiger partial charge >= 0.3 is 5.69 Å². The van der Waals surface area contributed by atoms with Crippen LogP contribution in [0.3, 0.4) is 0 Å². The smallest absolute Gasteiger partial charge is 0.324 e. The molecule has 1 N–H and O–H groups in total. The van der Waals surface area contributed by atoms with Crippen molar-refractivity contribution in [1.82, 2.24) is 9.97 Å². The van der Waals surface area contributed by atoms with Crippen molar-refractivity contribution in [2.24, 2.45) is 0 Å². The maximum Gasteiger partial charge on any atom is 0.324 e. The number of nitro groups is 1. The van der Waals surface area contributed by atoms with Crippen LogP contribution < -0.4 is 5.32 Å². The van der Waals surface area contributed by atoms with Crippen LogP contribution in [0.1, 0.15) is 0 Å². The molecule has 0 atom stereocenters. The minimum absolute atomic E-state index is 0.167. The minimum Gasteiger partial charge on any atom is -0.357 e. The van der Waals surface area contributed by atoms with Gasteiger partial charge in [0.05, 0.1) is 4.92 Å². The summed E-state index contributed by atoms with van der Waals surface area (Å²) >= 11 is 5.47. The summed E-state index contributed by atoms with van der Waals surface area (Å²) in [5.74, 6) is 0.255. The molecule has 0 saturated heterocycles. The molecule has 0 saturated carbocycles. The number of anilines is 1. The van der Waals surface area contributed by atoms with Gasteiger partial charge in [0, 0.05) is 7.05 Å². The zero-order valence-corrected chi connectivity index (χ0v) is 6.87. The van der Waals surface area contributed by atoms with E-state index in [9.17, 15) is 10.1 Å². The lowest BCUT2D eigenvalue weighted by Gasteiger charge is -1.97. The molecule has 0 aromatic carbocycles. The van der Waals surface area contributed by atoms with Crippen molar-refractivity contribution in [3.05, 3.63) is 21.5 Å². The van der Waals surface area contributed by atoms with Crippen LogP contribution in [0.15, 0.2) is 6.20 Å². The van der Waals surface area contributed by atoms with E-state index in [1.54, 1.807) is 7.05 Å². The standard InChI is InChI=1S/C5H5ClN4O2/c1-7-5-8-2-3(10(11)12)4(6)9-5/h2H,1H3,(H,7,8,9). The van der Waals surface area contributed by atoms with Gasteiger partial charge in [0.15, 0.2) is 0 Å². The highest BCUT2D eigenvalue weighted by atomic mass is 35.5. The molecule has 0 unspecified atom stereocenters. The zero-order valence-electron chi connectivity index (χ0n) is 6.11. The van der Waals surface area contributed by atoms with Crippen LogP contribution in [0, 0.1) is 10.1 Å². The summed E-state index contributed by atoms with van der Waals surface area (Å²) in [7, 11) is 1.59. The summed E-state index contributed by atoms with van der Waals surface area (Å²) in [5.41, 5.74) is -0.296. The fourth-order valence-corrected chi connectivity index (χ4v) is 0.795. The number of nitrogens with zero attached hydrogens (tertiary/aromatic N) is 3. The lowest BCUT2D eigenvalue weighted by atomic mass is 10.5. The Kier molecular flexibility index (Phi) is 2.39. The first-order chi connectivity index (χ1) is 5.65. The van der Waals surface area contributed by atoms with Gasteiger partial charge in [-0.1, -0.05) is 11.6 Å². The average Bonchev–Trinajstić information content (AvgIpc) is 2.03. The second-order valence-corrected chi connectivity index (χ2v) is 2.23. The monoisotopic (exact) mass is 188 g/mol.